The van der Waals surface area contributed by atoms with E-state index in [1.54, 1.807) is 0 Å². The molecule has 17 heavy (non-hydrogen) atoms. The zero-order valence-electron chi connectivity index (χ0n) is 10.1. The van der Waals surface area contributed by atoms with Crippen LogP contribution in [0.5, 0.6) is 0 Å². The first kappa shape index (κ1) is 14.0. The number of nitrogens with one attached hydrogen (secondary N) is 1. The topological polar surface area (TPSA) is 86.6 Å². The molecule has 98 valence electrons. The molecular formula is C12H21NO4. The fourth-order valence-corrected chi connectivity index (χ4v) is 2.44. The minimum absolute atomic E-state index is 0.0301. The summed E-state index contributed by atoms with van der Waals surface area (Å²) in [5.41, 5.74) is -0.893. The molecule has 1 amide bonds. The van der Waals surface area contributed by atoms with E-state index in [4.69, 9.17) is 5.11 Å². The third kappa shape index (κ3) is 4.00. The van der Waals surface area contributed by atoms with Gasteiger partial charge < -0.3 is 15.5 Å². The number of carboxylic acids is 1. The molecule has 5 nitrogen and oxygen atoms in total. The van der Waals surface area contributed by atoms with Crippen LogP contribution in [0, 0.1) is 5.41 Å². The van der Waals surface area contributed by atoms with Gasteiger partial charge in [0.1, 0.15) is 0 Å². The lowest BCUT2D eigenvalue weighted by molar-refractivity contribution is -0.152. The Morgan fingerprint density at radius 1 is 1.12 bits per heavy atom. The average Bonchev–Trinajstić information content (AvgIpc) is 2.53. The monoisotopic (exact) mass is 243 g/mol. The van der Waals surface area contributed by atoms with Crippen molar-refractivity contribution in [1.82, 2.24) is 5.32 Å². The average molecular weight is 243 g/mol. The molecule has 1 aliphatic carbocycles. The van der Waals surface area contributed by atoms with Gasteiger partial charge in [0.15, 0.2) is 0 Å². The number of amides is 1. The van der Waals surface area contributed by atoms with E-state index in [9.17, 15) is 14.7 Å². The van der Waals surface area contributed by atoms with Crippen LogP contribution in [0.4, 0.5) is 0 Å². The van der Waals surface area contributed by atoms with Crippen LogP contribution in [0.1, 0.15) is 44.9 Å². The maximum Gasteiger partial charge on any atom is 0.310 e. The van der Waals surface area contributed by atoms with Crippen molar-refractivity contribution in [3.05, 3.63) is 0 Å². The first-order valence-electron chi connectivity index (χ1n) is 6.22. The fraction of sp³-hybridized carbons (Fsp3) is 0.833. The summed E-state index contributed by atoms with van der Waals surface area (Å²) in [5.74, 6) is -1.14. The van der Waals surface area contributed by atoms with Gasteiger partial charge in [-0.1, -0.05) is 25.7 Å². The Morgan fingerprint density at radius 2 is 1.71 bits per heavy atom. The molecule has 1 saturated carbocycles. The number of hydrogen-bond acceptors (Lipinski definition) is 3. The quantitative estimate of drug-likeness (QED) is 0.626. The lowest BCUT2D eigenvalue weighted by atomic mass is 9.77. The van der Waals surface area contributed by atoms with Crippen molar-refractivity contribution in [2.75, 3.05) is 13.2 Å². The third-order valence-corrected chi connectivity index (χ3v) is 3.45. The summed E-state index contributed by atoms with van der Waals surface area (Å²) in [7, 11) is 0. The molecule has 1 fully saturated rings. The molecule has 0 aliphatic heterocycles. The predicted octanol–water partition coefficient (Wildman–Crippen LogP) is 0.910. The zero-order valence-corrected chi connectivity index (χ0v) is 10.1. The number of carboxylic acid groups (broad SMARTS) is 1. The van der Waals surface area contributed by atoms with Crippen LogP contribution in [-0.2, 0) is 9.59 Å². The van der Waals surface area contributed by atoms with Gasteiger partial charge in [0.05, 0.1) is 12.0 Å². The van der Waals surface area contributed by atoms with E-state index in [2.05, 4.69) is 5.32 Å². The number of rotatable bonds is 5. The van der Waals surface area contributed by atoms with Crippen molar-refractivity contribution in [2.24, 2.45) is 5.41 Å². The van der Waals surface area contributed by atoms with Crippen molar-refractivity contribution in [2.45, 2.75) is 44.9 Å². The Hall–Kier alpha value is -1.10. The van der Waals surface area contributed by atoms with Gasteiger partial charge in [0, 0.05) is 13.0 Å². The molecule has 1 rings (SSSR count). The summed E-state index contributed by atoms with van der Waals surface area (Å²) < 4.78 is 0. The number of hydrogen-bond donors (Lipinski definition) is 3. The molecule has 0 heterocycles. The van der Waals surface area contributed by atoms with Gasteiger partial charge in [-0.05, 0) is 12.8 Å². The first-order valence-corrected chi connectivity index (χ1v) is 6.22. The van der Waals surface area contributed by atoms with Crippen LogP contribution in [0.3, 0.4) is 0 Å². The molecule has 0 spiro atoms. The first-order chi connectivity index (χ1) is 8.10. The van der Waals surface area contributed by atoms with E-state index < -0.39 is 11.4 Å². The van der Waals surface area contributed by atoms with E-state index in [0.717, 1.165) is 25.7 Å². The Morgan fingerprint density at radius 3 is 2.18 bits per heavy atom. The highest BCUT2D eigenvalue weighted by Crippen LogP contribution is 2.38. The highest BCUT2D eigenvalue weighted by atomic mass is 16.4. The normalized spacial score (nSPS) is 19.4. The number of carbonyl (C=O) groups excluding carboxylic acids is 1. The van der Waals surface area contributed by atoms with Gasteiger partial charge in [-0.3, -0.25) is 9.59 Å². The van der Waals surface area contributed by atoms with Crippen molar-refractivity contribution in [3.8, 4) is 0 Å². The molecule has 0 bridgehead atoms. The Labute approximate surface area is 101 Å². The van der Waals surface area contributed by atoms with Crippen LogP contribution in [0.15, 0.2) is 0 Å². The van der Waals surface area contributed by atoms with Crippen molar-refractivity contribution in [3.63, 3.8) is 0 Å². The zero-order chi connectivity index (χ0) is 12.7. The lowest BCUT2D eigenvalue weighted by Gasteiger charge is -2.27. The van der Waals surface area contributed by atoms with Gasteiger partial charge in [0.2, 0.25) is 5.91 Å². The molecule has 0 atom stereocenters. The molecule has 0 aromatic carbocycles. The second-order valence-electron chi connectivity index (χ2n) is 4.75. The van der Waals surface area contributed by atoms with Crippen molar-refractivity contribution < 1.29 is 19.8 Å². The van der Waals surface area contributed by atoms with Gasteiger partial charge >= 0.3 is 5.97 Å². The van der Waals surface area contributed by atoms with Gasteiger partial charge in [0.25, 0.3) is 0 Å². The van der Waals surface area contributed by atoms with Crippen molar-refractivity contribution >= 4 is 11.9 Å². The SMILES string of the molecule is O=C(CC1(C(=O)O)CCCCCC1)NCCO. The molecule has 0 unspecified atom stereocenters. The Balaban J connectivity index is 2.63. The Bertz CT molecular complexity index is 270. The summed E-state index contributed by atoms with van der Waals surface area (Å²) in [5, 5.41) is 20.5. The lowest BCUT2D eigenvalue weighted by Crippen LogP contribution is -2.38. The summed E-state index contributed by atoms with van der Waals surface area (Å²) in [6.07, 6.45) is 5.03. The molecular weight excluding hydrogens is 222 g/mol. The van der Waals surface area contributed by atoms with E-state index in [-0.39, 0.29) is 25.5 Å². The smallest absolute Gasteiger partial charge is 0.310 e. The molecule has 1 aliphatic rings. The van der Waals surface area contributed by atoms with E-state index >= 15 is 0 Å². The number of carbonyl (C=O) groups is 2. The molecule has 5 heteroatoms. The van der Waals surface area contributed by atoms with Crippen LogP contribution in [-0.4, -0.2) is 35.2 Å². The maximum atomic E-state index is 11.6. The van der Waals surface area contributed by atoms with Crippen LogP contribution in [0.25, 0.3) is 0 Å². The van der Waals surface area contributed by atoms with Gasteiger partial charge in [-0.15, -0.1) is 0 Å². The molecule has 0 saturated heterocycles. The second-order valence-corrected chi connectivity index (χ2v) is 4.75. The van der Waals surface area contributed by atoms with Crippen LogP contribution in [0.2, 0.25) is 0 Å². The summed E-state index contributed by atoms with van der Waals surface area (Å²) in [6, 6.07) is 0. The maximum absolute atomic E-state index is 11.6. The predicted molar refractivity (Wildman–Crippen MR) is 62.5 cm³/mol. The minimum Gasteiger partial charge on any atom is -0.481 e. The number of aliphatic hydroxyl groups is 1. The number of aliphatic carboxylic acids is 1. The van der Waals surface area contributed by atoms with Gasteiger partial charge in [-0.2, -0.15) is 0 Å². The standard InChI is InChI=1S/C12H21NO4/c14-8-7-13-10(15)9-12(11(16)17)5-3-1-2-4-6-12/h14H,1-9H2,(H,13,15)(H,16,17). The molecule has 0 aromatic heterocycles. The van der Waals surface area contributed by atoms with E-state index in [0.29, 0.717) is 12.8 Å². The van der Waals surface area contributed by atoms with Crippen LogP contribution >= 0.6 is 0 Å². The van der Waals surface area contributed by atoms with E-state index in [1.165, 1.54) is 0 Å². The number of aliphatic hydroxyl groups excluding tert-OH is 1. The second kappa shape index (κ2) is 6.59. The van der Waals surface area contributed by atoms with Crippen molar-refractivity contribution in [1.29, 1.82) is 0 Å². The van der Waals surface area contributed by atoms with Crippen LogP contribution < -0.4 is 5.32 Å². The highest BCUT2D eigenvalue weighted by Gasteiger charge is 2.40. The summed E-state index contributed by atoms with van der Waals surface area (Å²) in [4.78, 5) is 23.0. The largest absolute Gasteiger partial charge is 0.481 e. The fourth-order valence-electron chi connectivity index (χ4n) is 2.44. The molecule has 3 N–H and O–H groups in total. The minimum atomic E-state index is -0.893. The molecule has 0 radical (unpaired) electrons. The third-order valence-electron chi connectivity index (χ3n) is 3.45. The summed E-state index contributed by atoms with van der Waals surface area (Å²) >= 11 is 0. The highest BCUT2D eigenvalue weighted by molar-refractivity contribution is 5.85. The van der Waals surface area contributed by atoms with Gasteiger partial charge in [-0.25, -0.2) is 0 Å². The Kier molecular flexibility index (Phi) is 5.41. The van der Waals surface area contributed by atoms with E-state index in [1.807, 2.05) is 0 Å². The summed E-state index contributed by atoms with van der Waals surface area (Å²) in [6.45, 7) is 0.0698. The molecule has 0 aromatic rings.